The van der Waals surface area contributed by atoms with Gasteiger partial charge >= 0.3 is 0 Å². The van der Waals surface area contributed by atoms with Crippen LogP contribution in [0, 0.1) is 26.6 Å². The quantitative estimate of drug-likeness (QED) is 0.331. The number of hydrogen-bond acceptors (Lipinski definition) is 5. The van der Waals surface area contributed by atoms with Crippen molar-refractivity contribution >= 4 is 44.9 Å². The number of thiophene rings is 1. The van der Waals surface area contributed by atoms with Crippen LogP contribution in [-0.2, 0) is 4.79 Å². The number of aromatic nitrogens is 2. The standard InChI is InChI=1S/C23H20FN3O2S2/c1-13-7-6-8-16(11-13)27-22(29)20-14(2)15(3)31-21(20)26-23(27)30-12-19(28)25-18-10-5-4-9-17(18)24/h4-11H,12H2,1-3H3,(H,25,28). The molecule has 1 N–H and O–H groups in total. The van der Waals surface area contributed by atoms with E-state index in [1.54, 1.807) is 16.7 Å². The molecule has 0 saturated heterocycles. The molecule has 0 fully saturated rings. The van der Waals surface area contributed by atoms with Crippen LogP contribution in [0.2, 0.25) is 0 Å². The summed E-state index contributed by atoms with van der Waals surface area (Å²) < 4.78 is 15.4. The number of halogens is 1. The Bertz CT molecular complexity index is 1360. The number of amides is 1. The highest BCUT2D eigenvalue weighted by molar-refractivity contribution is 7.99. The molecule has 158 valence electrons. The molecule has 0 unspecified atom stereocenters. The Hall–Kier alpha value is -2.97. The van der Waals surface area contributed by atoms with Crippen molar-refractivity contribution in [2.24, 2.45) is 0 Å². The summed E-state index contributed by atoms with van der Waals surface area (Å²) in [4.78, 5) is 32.3. The molecule has 0 atom stereocenters. The van der Waals surface area contributed by atoms with Gasteiger partial charge < -0.3 is 5.32 Å². The van der Waals surface area contributed by atoms with Crippen LogP contribution in [-0.4, -0.2) is 21.2 Å². The maximum absolute atomic E-state index is 13.8. The highest BCUT2D eigenvalue weighted by atomic mass is 32.2. The van der Waals surface area contributed by atoms with Gasteiger partial charge in [0.05, 0.1) is 22.5 Å². The van der Waals surface area contributed by atoms with E-state index in [2.05, 4.69) is 5.32 Å². The second-order valence-electron chi connectivity index (χ2n) is 7.15. The van der Waals surface area contributed by atoms with Crippen molar-refractivity contribution in [3.63, 3.8) is 0 Å². The molecule has 0 bridgehead atoms. The van der Waals surface area contributed by atoms with Gasteiger partial charge in [-0.25, -0.2) is 9.37 Å². The van der Waals surface area contributed by atoms with Crippen molar-refractivity contribution in [1.82, 2.24) is 9.55 Å². The molecule has 31 heavy (non-hydrogen) atoms. The van der Waals surface area contributed by atoms with Crippen LogP contribution in [0.4, 0.5) is 10.1 Å². The molecule has 2 heterocycles. The maximum Gasteiger partial charge on any atom is 0.267 e. The fraction of sp³-hybridized carbons (Fsp3) is 0.174. The molecule has 4 aromatic rings. The summed E-state index contributed by atoms with van der Waals surface area (Å²) >= 11 is 2.61. The summed E-state index contributed by atoms with van der Waals surface area (Å²) in [5.41, 5.74) is 2.59. The Balaban J connectivity index is 1.72. The molecule has 2 aromatic carbocycles. The van der Waals surface area contributed by atoms with Crippen molar-refractivity contribution in [2.45, 2.75) is 25.9 Å². The molecule has 5 nitrogen and oxygen atoms in total. The van der Waals surface area contributed by atoms with E-state index in [1.165, 1.54) is 23.5 Å². The summed E-state index contributed by atoms with van der Waals surface area (Å²) in [5.74, 6) is -0.887. The van der Waals surface area contributed by atoms with E-state index in [0.717, 1.165) is 27.8 Å². The molecule has 0 aliphatic heterocycles. The molecule has 0 aliphatic rings. The minimum Gasteiger partial charge on any atom is -0.323 e. The topological polar surface area (TPSA) is 64.0 Å². The number of anilines is 1. The van der Waals surface area contributed by atoms with Crippen LogP contribution in [0.3, 0.4) is 0 Å². The van der Waals surface area contributed by atoms with Gasteiger partial charge in [0, 0.05) is 4.88 Å². The molecule has 1 amide bonds. The average molecular weight is 454 g/mol. The van der Waals surface area contributed by atoms with Gasteiger partial charge in [-0.3, -0.25) is 14.2 Å². The first kappa shape index (κ1) is 21.3. The normalized spacial score (nSPS) is 11.1. The lowest BCUT2D eigenvalue weighted by atomic mass is 10.2. The monoisotopic (exact) mass is 453 g/mol. The Labute approximate surface area is 187 Å². The van der Waals surface area contributed by atoms with Crippen LogP contribution < -0.4 is 10.9 Å². The largest absolute Gasteiger partial charge is 0.323 e. The summed E-state index contributed by atoms with van der Waals surface area (Å²) in [6.45, 7) is 5.84. The van der Waals surface area contributed by atoms with Crippen molar-refractivity contribution < 1.29 is 9.18 Å². The number of nitrogens with one attached hydrogen (secondary N) is 1. The molecule has 2 aromatic heterocycles. The number of carbonyl (C=O) groups excluding carboxylic acids is 1. The van der Waals surface area contributed by atoms with Gasteiger partial charge in [0.2, 0.25) is 5.91 Å². The van der Waals surface area contributed by atoms with E-state index in [1.807, 2.05) is 45.0 Å². The zero-order chi connectivity index (χ0) is 22.1. The van der Waals surface area contributed by atoms with E-state index >= 15 is 0 Å². The fourth-order valence-electron chi connectivity index (χ4n) is 3.25. The van der Waals surface area contributed by atoms with Crippen LogP contribution >= 0.6 is 23.1 Å². The van der Waals surface area contributed by atoms with Crippen LogP contribution in [0.15, 0.2) is 58.5 Å². The second-order valence-corrected chi connectivity index (χ2v) is 9.30. The summed E-state index contributed by atoms with van der Waals surface area (Å²) in [7, 11) is 0. The van der Waals surface area contributed by atoms with Gasteiger partial charge in [-0.2, -0.15) is 0 Å². The minimum atomic E-state index is -0.499. The number of benzene rings is 2. The van der Waals surface area contributed by atoms with Gasteiger partial charge in [-0.1, -0.05) is 36.0 Å². The Morgan fingerprint density at radius 3 is 2.68 bits per heavy atom. The molecule has 8 heteroatoms. The van der Waals surface area contributed by atoms with Gasteiger partial charge in [0.25, 0.3) is 5.56 Å². The molecule has 0 radical (unpaired) electrons. The zero-order valence-corrected chi connectivity index (χ0v) is 18.9. The minimum absolute atomic E-state index is 0.0125. The SMILES string of the molecule is Cc1cccc(-n2c(SCC(=O)Nc3ccccc3F)nc3sc(C)c(C)c3c2=O)c1. The number of aryl methyl sites for hydroxylation is 3. The molecular formula is C23H20FN3O2S2. The first-order valence-electron chi connectivity index (χ1n) is 9.62. The van der Waals surface area contributed by atoms with Gasteiger partial charge in [-0.15, -0.1) is 11.3 Å². The lowest BCUT2D eigenvalue weighted by Gasteiger charge is -2.13. The highest BCUT2D eigenvalue weighted by Gasteiger charge is 2.19. The van der Waals surface area contributed by atoms with E-state index < -0.39 is 5.82 Å². The lowest BCUT2D eigenvalue weighted by Crippen LogP contribution is -2.23. The Morgan fingerprint density at radius 2 is 1.94 bits per heavy atom. The molecule has 0 spiro atoms. The van der Waals surface area contributed by atoms with Crippen LogP contribution in [0.5, 0.6) is 0 Å². The summed E-state index contributed by atoms with van der Waals surface area (Å²) in [6, 6.07) is 13.6. The van der Waals surface area contributed by atoms with Gasteiger partial charge in [0.1, 0.15) is 10.6 Å². The van der Waals surface area contributed by atoms with Crippen molar-refractivity contribution in [1.29, 1.82) is 0 Å². The summed E-state index contributed by atoms with van der Waals surface area (Å²) in [6.07, 6.45) is 0. The second kappa shape index (κ2) is 8.64. The number of fused-ring (bicyclic) bond motifs is 1. The first-order chi connectivity index (χ1) is 14.8. The Kier molecular flexibility index (Phi) is 5.93. The van der Waals surface area contributed by atoms with Crippen molar-refractivity contribution in [3.8, 4) is 5.69 Å². The number of nitrogens with zero attached hydrogens (tertiary/aromatic N) is 2. The van der Waals surface area contributed by atoms with Crippen LogP contribution in [0.1, 0.15) is 16.0 Å². The third kappa shape index (κ3) is 4.26. The van der Waals surface area contributed by atoms with Crippen molar-refractivity contribution in [3.05, 3.63) is 80.7 Å². The third-order valence-corrected chi connectivity index (χ3v) is 6.95. The zero-order valence-electron chi connectivity index (χ0n) is 17.2. The average Bonchev–Trinajstić information content (AvgIpc) is 3.02. The first-order valence-corrected chi connectivity index (χ1v) is 11.4. The predicted molar refractivity (Wildman–Crippen MR) is 125 cm³/mol. The van der Waals surface area contributed by atoms with Gasteiger partial charge in [0.15, 0.2) is 5.16 Å². The van der Waals surface area contributed by atoms with E-state index in [4.69, 9.17) is 4.98 Å². The van der Waals surface area contributed by atoms with E-state index in [-0.39, 0.29) is 22.9 Å². The molecule has 4 rings (SSSR count). The summed E-state index contributed by atoms with van der Waals surface area (Å²) in [5, 5.41) is 3.59. The number of hydrogen-bond donors (Lipinski definition) is 1. The number of para-hydroxylation sites is 1. The van der Waals surface area contributed by atoms with Crippen molar-refractivity contribution in [2.75, 3.05) is 11.1 Å². The fourth-order valence-corrected chi connectivity index (χ4v) is 5.13. The predicted octanol–water partition coefficient (Wildman–Crippen LogP) is 5.24. The Morgan fingerprint density at radius 1 is 1.16 bits per heavy atom. The number of carbonyl (C=O) groups is 1. The number of thioether (sulfide) groups is 1. The third-order valence-electron chi connectivity index (χ3n) is 4.91. The number of rotatable bonds is 5. The maximum atomic E-state index is 13.8. The van der Waals surface area contributed by atoms with E-state index in [9.17, 15) is 14.0 Å². The smallest absolute Gasteiger partial charge is 0.267 e. The van der Waals surface area contributed by atoms with Gasteiger partial charge in [-0.05, 0) is 56.2 Å². The van der Waals surface area contributed by atoms with Crippen LogP contribution in [0.25, 0.3) is 15.9 Å². The molecule has 0 saturated carbocycles. The van der Waals surface area contributed by atoms with E-state index in [0.29, 0.717) is 21.1 Å². The lowest BCUT2D eigenvalue weighted by molar-refractivity contribution is -0.113. The molecular weight excluding hydrogens is 433 g/mol. The molecule has 0 aliphatic carbocycles. The highest BCUT2D eigenvalue weighted by Crippen LogP contribution is 2.29.